The molecule has 0 aromatic rings. The second-order valence-corrected chi connectivity index (χ2v) is 10.5. The monoisotopic (exact) mass is 249 g/mol. The highest BCUT2D eigenvalue weighted by atomic mass is 28.4. The van der Waals surface area contributed by atoms with E-state index in [1.165, 1.54) is 0 Å². The van der Waals surface area contributed by atoms with Gasteiger partial charge in [-0.25, -0.2) is 0 Å². The van der Waals surface area contributed by atoms with Crippen LogP contribution in [0, 0.1) is 0 Å². The fraction of sp³-hybridized carbons (Fsp3) is 1.00. The topological polar surface area (TPSA) is 71.0 Å². The van der Waals surface area contributed by atoms with Crippen LogP contribution in [0.25, 0.3) is 0 Å². The van der Waals surface area contributed by atoms with E-state index in [-0.39, 0.29) is 11.6 Å². The summed E-state index contributed by atoms with van der Waals surface area (Å²) in [5.41, 5.74) is 2.58. The summed E-state index contributed by atoms with van der Waals surface area (Å²) in [5.74, 6) is 0. The summed E-state index contributed by atoms with van der Waals surface area (Å²) >= 11 is 0. The molecule has 0 bridgehead atoms. The Labute approximate surface area is 97.8 Å². The third-order valence-electron chi connectivity index (χ3n) is 3.38. The normalized spacial score (nSPS) is 32.8. The molecule has 0 aromatic heterocycles. The zero-order valence-electron chi connectivity index (χ0n) is 10.7. The van der Waals surface area contributed by atoms with Gasteiger partial charge in [0.05, 0.1) is 6.10 Å². The van der Waals surface area contributed by atoms with Gasteiger partial charge in [-0.1, -0.05) is 20.8 Å². The summed E-state index contributed by atoms with van der Waals surface area (Å²) in [6, 6.07) is 0. The van der Waals surface area contributed by atoms with Gasteiger partial charge in [0, 0.05) is 6.54 Å². The zero-order valence-corrected chi connectivity index (χ0v) is 11.7. The molecule has 1 aliphatic rings. The predicted molar refractivity (Wildman–Crippen MR) is 63.2 cm³/mol. The van der Waals surface area contributed by atoms with Crippen molar-refractivity contribution in [3.8, 4) is 0 Å². The minimum absolute atomic E-state index is 0.0402. The third-order valence-corrected chi connectivity index (χ3v) is 7.82. The smallest absolute Gasteiger partial charge is 0.196 e. The van der Waals surface area contributed by atoms with Gasteiger partial charge in [0.25, 0.3) is 0 Å². The molecule has 6 heteroatoms. The van der Waals surface area contributed by atoms with Crippen molar-refractivity contribution < 1.29 is 19.5 Å². The minimum atomic E-state index is -2.00. The Bertz CT molecular complexity index is 241. The molecule has 1 fully saturated rings. The number of hydroxylamine groups is 1. The molecule has 5 nitrogen and oxygen atoms in total. The van der Waals surface area contributed by atoms with E-state index in [1.807, 2.05) is 0 Å². The SMILES string of the molecule is CC(C)(C)[Si](C)(C)O[C@H]1ONC[C@H](O)[C@@H]1O. The first kappa shape index (κ1) is 14.1. The van der Waals surface area contributed by atoms with Crippen molar-refractivity contribution in [1.82, 2.24) is 5.48 Å². The van der Waals surface area contributed by atoms with Crippen LogP contribution in [-0.4, -0.2) is 43.6 Å². The minimum Gasteiger partial charge on any atom is -0.389 e. The van der Waals surface area contributed by atoms with Crippen molar-refractivity contribution in [2.45, 2.75) is 57.4 Å². The van der Waals surface area contributed by atoms with E-state index in [0.717, 1.165) is 0 Å². The molecule has 0 aliphatic carbocycles. The first-order chi connectivity index (χ1) is 7.15. The Morgan fingerprint density at radius 3 is 2.38 bits per heavy atom. The van der Waals surface area contributed by atoms with Crippen molar-refractivity contribution in [3.63, 3.8) is 0 Å². The summed E-state index contributed by atoms with van der Waals surface area (Å²) in [7, 11) is -2.00. The lowest BCUT2D eigenvalue weighted by Crippen LogP contribution is -2.57. The van der Waals surface area contributed by atoms with E-state index in [2.05, 4.69) is 39.3 Å². The van der Waals surface area contributed by atoms with Crippen molar-refractivity contribution in [3.05, 3.63) is 0 Å². The molecule has 96 valence electrons. The van der Waals surface area contributed by atoms with E-state index in [4.69, 9.17) is 9.26 Å². The average Bonchev–Trinajstić information content (AvgIpc) is 2.11. The van der Waals surface area contributed by atoms with Gasteiger partial charge >= 0.3 is 0 Å². The molecule has 0 radical (unpaired) electrons. The van der Waals surface area contributed by atoms with Crippen LogP contribution < -0.4 is 5.48 Å². The maximum absolute atomic E-state index is 9.75. The molecule has 16 heavy (non-hydrogen) atoms. The van der Waals surface area contributed by atoms with Crippen LogP contribution in [0.2, 0.25) is 18.1 Å². The number of hydrogen-bond donors (Lipinski definition) is 3. The van der Waals surface area contributed by atoms with Crippen LogP contribution in [0.3, 0.4) is 0 Å². The molecule has 1 heterocycles. The maximum Gasteiger partial charge on any atom is 0.196 e. The third kappa shape index (κ3) is 3.03. The number of β-amino-alcohol motifs (C(OH)–C–C–N with tert-alkyl or cyclic N) is 1. The molecule has 1 aliphatic heterocycles. The van der Waals surface area contributed by atoms with Crippen LogP contribution in [-0.2, 0) is 9.26 Å². The van der Waals surface area contributed by atoms with E-state index in [9.17, 15) is 10.2 Å². The number of rotatable bonds is 2. The van der Waals surface area contributed by atoms with Crippen molar-refractivity contribution in [2.75, 3.05) is 6.54 Å². The first-order valence-electron chi connectivity index (χ1n) is 5.57. The quantitative estimate of drug-likeness (QED) is 0.625. The molecular formula is C10H23NO4Si. The van der Waals surface area contributed by atoms with Gasteiger partial charge < -0.3 is 14.6 Å². The second kappa shape index (κ2) is 4.71. The molecule has 0 aromatic carbocycles. The largest absolute Gasteiger partial charge is 0.389 e. The number of hydrogen-bond acceptors (Lipinski definition) is 5. The molecule has 3 atom stereocenters. The van der Waals surface area contributed by atoms with Gasteiger partial charge in [-0.15, -0.1) is 0 Å². The summed E-state index contributed by atoms with van der Waals surface area (Å²) in [6.45, 7) is 10.7. The number of nitrogens with one attached hydrogen (secondary N) is 1. The van der Waals surface area contributed by atoms with Crippen LogP contribution in [0.4, 0.5) is 0 Å². The van der Waals surface area contributed by atoms with Crippen molar-refractivity contribution >= 4 is 8.32 Å². The molecule has 0 amide bonds. The Hall–Kier alpha value is 0.0169. The number of aliphatic hydroxyl groups is 2. The van der Waals surface area contributed by atoms with Gasteiger partial charge in [-0.3, -0.25) is 4.84 Å². The van der Waals surface area contributed by atoms with Crippen molar-refractivity contribution in [1.29, 1.82) is 0 Å². The van der Waals surface area contributed by atoms with Gasteiger partial charge in [0.2, 0.25) is 0 Å². The summed E-state index contributed by atoms with van der Waals surface area (Å²) in [5, 5.41) is 19.3. The lowest BCUT2D eigenvalue weighted by molar-refractivity contribution is -0.242. The predicted octanol–water partition coefficient (Wildman–Crippen LogP) is 0.591. The maximum atomic E-state index is 9.75. The highest BCUT2D eigenvalue weighted by Crippen LogP contribution is 2.38. The Morgan fingerprint density at radius 1 is 1.31 bits per heavy atom. The standard InChI is InChI=1S/C10H23NO4Si/c1-10(2,3)16(4,5)15-9-8(13)7(12)6-11-14-9/h7-9,11-13H,6H2,1-5H3/t7-,8-,9+/m0/s1. The van der Waals surface area contributed by atoms with Crippen molar-refractivity contribution in [2.24, 2.45) is 0 Å². The van der Waals surface area contributed by atoms with Gasteiger partial charge in [0.15, 0.2) is 14.6 Å². The lowest BCUT2D eigenvalue weighted by atomic mass is 10.2. The van der Waals surface area contributed by atoms with Crippen LogP contribution in [0.5, 0.6) is 0 Å². The summed E-state index contributed by atoms with van der Waals surface area (Å²) in [6.07, 6.45) is -2.62. The molecule has 1 saturated heterocycles. The molecule has 0 unspecified atom stereocenters. The van der Waals surface area contributed by atoms with Crippen LogP contribution in [0.1, 0.15) is 20.8 Å². The first-order valence-corrected chi connectivity index (χ1v) is 8.48. The molecule has 1 rings (SSSR count). The summed E-state index contributed by atoms with van der Waals surface area (Å²) in [4.78, 5) is 5.14. The fourth-order valence-corrected chi connectivity index (χ4v) is 2.27. The molecule has 0 saturated carbocycles. The highest BCUT2D eigenvalue weighted by molar-refractivity contribution is 6.74. The van der Waals surface area contributed by atoms with Crippen LogP contribution >= 0.6 is 0 Å². The van der Waals surface area contributed by atoms with E-state index in [0.29, 0.717) is 0 Å². The molecular weight excluding hydrogens is 226 g/mol. The van der Waals surface area contributed by atoms with Gasteiger partial charge in [-0.2, -0.15) is 5.48 Å². The van der Waals surface area contributed by atoms with E-state index in [1.54, 1.807) is 0 Å². The van der Waals surface area contributed by atoms with Gasteiger partial charge in [-0.05, 0) is 18.1 Å². The Kier molecular flexibility index (Phi) is 4.15. The second-order valence-electron chi connectivity index (χ2n) is 5.77. The Morgan fingerprint density at radius 2 is 1.88 bits per heavy atom. The molecule has 0 spiro atoms. The van der Waals surface area contributed by atoms with Crippen LogP contribution in [0.15, 0.2) is 0 Å². The number of aliphatic hydroxyl groups excluding tert-OH is 2. The van der Waals surface area contributed by atoms with Gasteiger partial charge in [0.1, 0.15) is 6.10 Å². The zero-order chi connectivity index (χ0) is 12.6. The fourth-order valence-electron chi connectivity index (χ4n) is 1.15. The highest BCUT2D eigenvalue weighted by Gasteiger charge is 2.43. The Balaban J connectivity index is 2.66. The average molecular weight is 249 g/mol. The van der Waals surface area contributed by atoms with E-state index < -0.39 is 26.8 Å². The summed E-state index contributed by atoms with van der Waals surface area (Å²) < 4.78 is 5.87. The van der Waals surface area contributed by atoms with E-state index >= 15 is 0 Å². The lowest BCUT2D eigenvalue weighted by Gasteiger charge is -2.42. The molecule has 3 N–H and O–H groups in total.